The van der Waals surface area contributed by atoms with Crippen molar-refractivity contribution >= 4 is 7.82 Å². The normalized spacial score (nSPS) is 19.1. The van der Waals surface area contributed by atoms with Crippen molar-refractivity contribution in [3.05, 3.63) is 0 Å². The average molecular weight is 237 g/mol. The quantitative estimate of drug-likeness (QED) is 0.476. The highest BCUT2D eigenvalue weighted by atomic mass is 31.2. The van der Waals surface area contributed by atoms with E-state index < -0.39 is 7.82 Å². The fraction of sp³-hybridized carbons (Fsp3) is 1.00. The molecule has 1 saturated heterocycles. The third-order valence-corrected chi connectivity index (χ3v) is 3.71. The highest BCUT2D eigenvalue weighted by Gasteiger charge is 2.30. The second-order valence-electron chi connectivity index (χ2n) is 3.50. The Morgan fingerprint density at radius 3 is 2.20 bits per heavy atom. The van der Waals surface area contributed by atoms with Gasteiger partial charge in [-0.15, -0.1) is 0 Å². The zero-order valence-electron chi connectivity index (χ0n) is 9.64. The van der Waals surface area contributed by atoms with Crippen LogP contribution in [0.3, 0.4) is 0 Å². The first-order chi connectivity index (χ1) is 7.09. The SMILES string of the molecule is CCOP(=O)(OCC)OC(C)CN1CC1. The molecule has 0 aromatic heterocycles. The predicted octanol–water partition coefficient (Wildman–Crippen LogP) is 1.89. The number of nitrogens with zero attached hydrogens (tertiary/aromatic N) is 1. The number of rotatable bonds is 8. The van der Waals surface area contributed by atoms with Crippen molar-refractivity contribution in [1.82, 2.24) is 4.90 Å². The molecule has 0 bridgehead atoms. The summed E-state index contributed by atoms with van der Waals surface area (Å²) in [5, 5.41) is 0. The summed E-state index contributed by atoms with van der Waals surface area (Å²) >= 11 is 0. The van der Waals surface area contributed by atoms with Crippen LogP contribution in [-0.2, 0) is 18.1 Å². The van der Waals surface area contributed by atoms with E-state index in [-0.39, 0.29) is 6.10 Å². The van der Waals surface area contributed by atoms with E-state index in [0.717, 1.165) is 19.6 Å². The zero-order chi connectivity index (χ0) is 11.3. The fourth-order valence-corrected chi connectivity index (χ4v) is 2.62. The zero-order valence-corrected chi connectivity index (χ0v) is 10.5. The molecule has 1 aliphatic rings. The monoisotopic (exact) mass is 237 g/mol. The summed E-state index contributed by atoms with van der Waals surface area (Å²) in [7, 11) is -3.33. The van der Waals surface area contributed by atoms with E-state index >= 15 is 0 Å². The molecule has 1 atom stereocenters. The van der Waals surface area contributed by atoms with Crippen molar-refractivity contribution in [3.8, 4) is 0 Å². The Bertz CT molecular complexity index is 222. The molecular formula is C9H20NO4P. The molecule has 0 saturated carbocycles. The Kier molecular flexibility index (Phi) is 5.23. The summed E-state index contributed by atoms with van der Waals surface area (Å²) < 4.78 is 27.3. The van der Waals surface area contributed by atoms with Crippen LogP contribution in [0.1, 0.15) is 20.8 Å². The Morgan fingerprint density at radius 1 is 1.27 bits per heavy atom. The van der Waals surface area contributed by atoms with Gasteiger partial charge in [-0.2, -0.15) is 0 Å². The molecule has 1 unspecified atom stereocenters. The standard InChI is InChI=1S/C9H20NO4P/c1-4-12-15(11,13-5-2)14-9(3)8-10-6-7-10/h9H,4-8H2,1-3H3. The average Bonchev–Trinajstić information content (AvgIpc) is 2.87. The highest BCUT2D eigenvalue weighted by Crippen LogP contribution is 2.50. The molecule has 0 N–H and O–H groups in total. The third kappa shape index (κ3) is 5.09. The van der Waals surface area contributed by atoms with Crippen molar-refractivity contribution in [2.75, 3.05) is 32.8 Å². The molecule has 0 aromatic rings. The minimum atomic E-state index is -3.33. The lowest BCUT2D eigenvalue weighted by Gasteiger charge is -2.20. The summed E-state index contributed by atoms with van der Waals surface area (Å²) in [5.41, 5.74) is 0. The van der Waals surface area contributed by atoms with Crippen LogP contribution >= 0.6 is 7.82 Å². The Hall–Kier alpha value is 0.0700. The van der Waals surface area contributed by atoms with E-state index in [2.05, 4.69) is 4.90 Å². The third-order valence-electron chi connectivity index (χ3n) is 1.94. The lowest BCUT2D eigenvalue weighted by molar-refractivity contribution is 0.0848. The molecule has 90 valence electrons. The van der Waals surface area contributed by atoms with Crippen LogP contribution in [0.25, 0.3) is 0 Å². The van der Waals surface area contributed by atoms with E-state index in [4.69, 9.17) is 13.6 Å². The molecule has 0 aromatic carbocycles. The maximum Gasteiger partial charge on any atom is 0.475 e. The molecule has 15 heavy (non-hydrogen) atoms. The largest absolute Gasteiger partial charge is 0.475 e. The van der Waals surface area contributed by atoms with Crippen LogP contribution in [0.5, 0.6) is 0 Å². The molecule has 6 heteroatoms. The summed E-state index contributed by atoms with van der Waals surface area (Å²) in [6, 6.07) is 0. The molecule has 0 spiro atoms. The van der Waals surface area contributed by atoms with Crippen LogP contribution in [0, 0.1) is 0 Å². The minimum absolute atomic E-state index is 0.128. The number of hydrogen-bond acceptors (Lipinski definition) is 5. The molecule has 1 heterocycles. The van der Waals surface area contributed by atoms with Crippen LogP contribution in [-0.4, -0.2) is 43.9 Å². The van der Waals surface area contributed by atoms with Gasteiger partial charge in [-0.1, -0.05) is 0 Å². The van der Waals surface area contributed by atoms with Gasteiger partial charge in [0.1, 0.15) is 0 Å². The van der Waals surface area contributed by atoms with Gasteiger partial charge in [-0.05, 0) is 20.8 Å². The minimum Gasteiger partial charge on any atom is -0.298 e. The fourth-order valence-electron chi connectivity index (χ4n) is 1.28. The summed E-state index contributed by atoms with van der Waals surface area (Å²) in [5.74, 6) is 0. The van der Waals surface area contributed by atoms with Gasteiger partial charge in [0.25, 0.3) is 0 Å². The first kappa shape index (κ1) is 13.1. The Balaban J connectivity index is 2.37. The van der Waals surface area contributed by atoms with Gasteiger partial charge in [-0.25, -0.2) is 4.57 Å². The molecule has 0 amide bonds. The van der Waals surface area contributed by atoms with Gasteiger partial charge >= 0.3 is 7.82 Å². The molecule has 1 fully saturated rings. The maximum atomic E-state index is 11.9. The maximum absolute atomic E-state index is 11.9. The summed E-state index contributed by atoms with van der Waals surface area (Å²) in [6.07, 6.45) is -0.128. The van der Waals surface area contributed by atoms with Gasteiger partial charge < -0.3 is 0 Å². The predicted molar refractivity (Wildman–Crippen MR) is 57.8 cm³/mol. The van der Waals surface area contributed by atoms with E-state index in [1.54, 1.807) is 13.8 Å². The number of phosphoric acid groups is 1. The van der Waals surface area contributed by atoms with Gasteiger partial charge in [0.05, 0.1) is 19.3 Å². The van der Waals surface area contributed by atoms with Crippen molar-refractivity contribution < 1.29 is 18.1 Å². The smallest absolute Gasteiger partial charge is 0.298 e. The van der Waals surface area contributed by atoms with Crippen molar-refractivity contribution in [2.24, 2.45) is 0 Å². The van der Waals surface area contributed by atoms with Crippen LogP contribution in [0.4, 0.5) is 0 Å². The molecular weight excluding hydrogens is 217 g/mol. The Morgan fingerprint density at radius 2 is 1.80 bits per heavy atom. The van der Waals surface area contributed by atoms with Gasteiger partial charge in [0.15, 0.2) is 0 Å². The lowest BCUT2D eigenvalue weighted by atomic mass is 10.4. The van der Waals surface area contributed by atoms with E-state index in [0.29, 0.717) is 13.2 Å². The van der Waals surface area contributed by atoms with Gasteiger partial charge in [0.2, 0.25) is 0 Å². The molecule has 0 radical (unpaired) electrons. The number of hydrogen-bond donors (Lipinski definition) is 0. The first-order valence-electron chi connectivity index (χ1n) is 5.39. The van der Waals surface area contributed by atoms with Crippen molar-refractivity contribution in [1.29, 1.82) is 0 Å². The van der Waals surface area contributed by atoms with E-state index in [1.165, 1.54) is 0 Å². The molecule has 1 aliphatic heterocycles. The Labute approximate surface area is 91.3 Å². The first-order valence-corrected chi connectivity index (χ1v) is 6.85. The highest BCUT2D eigenvalue weighted by molar-refractivity contribution is 7.48. The van der Waals surface area contributed by atoms with Crippen LogP contribution < -0.4 is 0 Å². The van der Waals surface area contributed by atoms with E-state index in [1.807, 2.05) is 6.92 Å². The molecule has 5 nitrogen and oxygen atoms in total. The van der Waals surface area contributed by atoms with Crippen LogP contribution in [0.15, 0.2) is 0 Å². The second kappa shape index (κ2) is 5.97. The summed E-state index contributed by atoms with van der Waals surface area (Å²) in [4.78, 5) is 2.20. The van der Waals surface area contributed by atoms with Crippen molar-refractivity contribution in [3.63, 3.8) is 0 Å². The number of phosphoric ester groups is 1. The van der Waals surface area contributed by atoms with Gasteiger partial charge in [0, 0.05) is 19.6 Å². The van der Waals surface area contributed by atoms with Crippen LogP contribution in [0.2, 0.25) is 0 Å². The van der Waals surface area contributed by atoms with E-state index in [9.17, 15) is 4.57 Å². The topological polar surface area (TPSA) is 47.8 Å². The molecule has 0 aliphatic carbocycles. The lowest BCUT2D eigenvalue weighted by Crippen LogP contribution is -2.19. The van der Waals surface area contributed by atoms with Gasteiger partial charge in [-0.3, -0.25) is 18.5 Å². The second-order valence-corrected chi connectivity index (χ2v) is 5.12. The van der Waals surface area contributed by atoms with Crippen molar-refractivity contribution in [2.45, 2.75) is 26.9 Å². The summed E-state index contributed by atoms with van der Waals surface area (Å²) in [6.45, 7) is 9.05. The molecule has 1 rings (SSSR count).